The van der Waals surface area contributed by atoms with Crippen molar-refractivity contribution in [2.24, 2.45) is 0 Å². The number of benzene rings is 2. The molecule has 0 fully saturated rings. The van der Waals surface area contributed by atoms with Gasteiger partial charge in [-0.1, -0.05) is 54.1 Å². The normalized spacial score (nSPS) is 10.8. The number of aryl methyl sites for hydroxylation is 1. The van der Waals surface area contributed by atoms with Gasteiger partial charge in [0, 0.05) is 10.6 Å². The van der Waals surface area contributed by atoms with Crippen molar-refractivity contribution in [1.29, 1.82) is 0 Å². The second-order valence-electron chi connectivity index (χ2n) is 4.07. The Kier molecular flexibility index (Phi) is 3.96. The molecule has 2 aromatic carbocycles. The average Bonchev–Trinajstić information content (AvgIpc) is 2.37. The van der Waals surface area contributed by atoms with Gasteiger partial charge in [-0.15, -0.1) is 0 Å². The molecule has 2 aromatic rings. The Morgan fingerprint density at radius 3 is 2.61 bits per heavy atom. The van der Waals surface area contributed by atoms with Crippen LogP contribution in [0.25, 0.3) is 6.08 Å². The van der Waals surface area contributed by atoms with Crippen LogP contribution >= 0.6 is 11.6 Å². The van der Waals surface area contributed by atoms with Crippen molar-refractivity contribution >= 4 is 23.5 Å². The first-order valence-corrected chi connectivity index (χ1v) is 6.08. The van der Waals surface area contributed by atoms with E-state index in [4.69, 9.17) is 11.6 Å². The molecule has 0 atom stereocenters. The lowest BCUT2D eigenvalue weighted by atomic mass is 10.0. The van der Waals surface area contributed by atoms with E-state index in [2.05, 4.69) is 0 Å². The molecule has 0 unspecified atom stereocenters. The Morgan fingerprint density at radius 2 is 1.89 bits per heavy atom. The summed E-state index contributed by atoms with van der Waals surface area (Å²) >= 11 is 5.88. The van der Waals surface area contributed by atoms with Gasteiger partial charge in [0.15, 0.2) is 5.78 Å². The van der Waals surface area contributed by atoms with Gasteiger partial charge in [-0.05, 0) is 36.3 Å². The Bertz CT molecular complexity index is 600. The van der Waals surface area contributed by atoms with Gasteiger partial charge in [0.05, 0.1) is 0 Å². The van der Waals surface area contributed by atoms with E-state index in [9.17, 15) is 4.79 Å². The highest BCUT2D eigenvalue weighted by Gasteiger charge is 2.03. The molecule has 0 spiro atoms. The van der Waals surface area contributed by atoms with Crippen LogP contribution in [-0.2, 0) is 0 Å². The minimum Gasteiger partial charge on any atom is -0.289 e. The highest BCUT2D eigenvalue weighted by atomic mass is 35.5. The highest BCUT2D eigenvalue weighted by molar-refractivity contribution is 6.30. The molecule has 0 N–H and O–H groups in total. The van der Waals surface area contributed by atoms with Gasteiger partial charge in [0.1, 0.15) is 0 Å². The fourth-order valence-corrected chi connectivity index (χ4v) is 1.92. The van der Waals surface area contributed by atoms with Gasteiger partial charge in [0.2, 0.25) is 0 Å². The summed E-state index contributed by atoms with van der Waals surface area (Å²) in [4.78, 5) is 12.0. The van der Waals surface area contributed by atoms with Crippen LogP contribution in [0.15, 0.2) is 54.6 Å². The summed E-state index contributed by atoms with van der Waals surface area (Å²) in [7, 11) is 0. The number of hydrogen-bond acceptors (Lipinski definition) is 1. The maximum atomic E-state index is 12.0. The molecule has 2 heteroatoms. The molecular formula is C16H13ClO. The van der Waals surface area contributed by atoms with Gasteiger partial charge in [-0.25, -0.2) is 0 Å². The van der Waals surface area contributed by atoms with E-state index in [-0.39, 0.29) is 5.78 Å². The first-order chi connectivity index (χ1) is 8.66. The van der Waals surface area contributed by atoms with Crippen molar-refractivity contribution in [1.82, 2.24) is 0 Å². The highest BCUT2D eigenvalue weighted by Crippen LogP contribution is 2.13. The molecule has 0 heterocycles. The summed E-state index contributed by atoms with van der Waals surface area (Å²) in [5.41, 5.74) is 2.64. The maximum absolute atomic E-state index is 12.0. The molecule has 0 saturated heterocycles. The van der Waals surface area contributed by atoms with Crippen molar-refractivity contribution in [3.63, 3.8) is 0 Å². The number of rotatable bonds is 3. The fourth-order valence-electron chi connectivity index (χ4n) is 1.72. The van der Waals surface area contributed by atoms with E-state index in [1.54, 1.807) is 12.2 Å². The Labute approximate surface area is 112 Å². The molecular weight excluding hydrogens is 244 g/mol. The molecule has 0 radical (unpaired) electrons. The number of carbonyl (C=O) groups is 1. The summed E-state index contributed by atoms with van der Waals surface area (Å²) in [5, 5.41) is 0.667. The minimum atomic E-state index is 0.00748. The molecule has 0 aliphatic rings. The van der Waals surface area contributed by atoms with Crippen molar-refractivity contribution in [2.75, 3.05) is 0 Å². The third-order valence-corrected chi connectivity index (χ3v) is 2.92. The Morgan fingerprint density at radius 1 is 1.11 bits per heavy atom. The molecule has 0 aliphatic heterocycles. The Balaban J connectivity index is 2.20. The predicted molar refractivity (Wildman–Crippen MR) is 76.0 cm³/mol. The minimum absolute atomic E-state index is 0.00748. The van der Waals surface area contributed by atoms with E-state index >= 15 is 0 Å². The zero-order valence-corrected chi connectivity index (χ0v) is 10.8. The van der Waals surface area contributed by atoms with Gasteiger partial charge in [0.25, 0.3) is 0 Å². The van der Waals surface area contributed by atoms with Gasteiger partial charge >= 0.3 is 0 Å². The molecule has 18 heavy (non-hydrogen) atoms. The first kappa shape index (κ1) is 12.6. The van der Waals surface area contributed by atoms with Crippen LogP contribution in [0, 0.1) is 6.92 Å². The quantitative estimate of drug-likeness (QED) is 0.582. The monoisotopic (exact) mass is 256 g/mol. The lowest BCUT2D eigenvalue weighted by Crippen LogP contribution is -1.96. The Hall–Kier alpha value is -1.86. The summed E-state index contributed by atoms with van der Waals surface area (Å²) in [6.07, 6.45) is 3.36. The summed E-state index contributed by atoms with van der Waals surface area (Å²) in [5.74, 6) is 0.00748. The fraction of sp³-hybridized carbons (Fsp3) is 0.0625. The van der Waals surface area contributed by atoms with E-state index in [1.807, 2.05) is 55.5 Å². The summed E-state index contributed by atoms with van der Waals surface area (Å²) < 4.78 is 0. The smallest absolute Gasteiger partial charge is 0.186 e. The van der Waals surface area contributed by atoms with Gasteiger partial charge < -0.3 is 0 Å². The molecule has 0 saturated carbocycles. The second-order valence-corrected chi connectivity index (χ2v) is 4.50. The van der Waals surface area contributed by atoms with Crippen molar-refractivity contribution in [3.8, 4) is 0 Å². The SMILES string of the molecule is Cc1ccccc1C(=O)/C=C/c1cccc(Cl)c1. The molecule has 90 valence electrons. The third-order valence-electron chi connectivity index (χ3n) is 2.69. The van der Waals surface area contributed by atoms with Crippen molar-refractivity contribution < 1.29 is 4.79 Å². The first-order valence-electron chi connectivity index (χ1n) is 5.70. The summed E-state index contributed by atoms with van der Waals surface area (Å²) in [6, 6.07) is 15.0. The number of hydrogen-bond donors (Lipinski definition) is 0. The van der Waals surface area contributed by atoms with E-state index in [0.717, 1.165) is 16.7 Å². The van der Waals surface area contributed by atoms with Crippen LogP contribution in [-0.4, -0.2) is 5.78 Å². The largest absolute Gasteiger partial charge is 0.289 e. The predicted octanol–water partition coefficient (Wildman–Crippen LogP) is 4.54. The molecule has 2 rings (SSSR count). The molecule has 0 aliphatic carbocycles. The second kappa shape index (κ2) is 5.65. The molecule has 0 bridgehead atoms. The van der Waals surface area contributed by atoms with Gasteiger partial charge in [-0.2, -0.15) is 0 Å². The lowest BCUT2D eigenvalue weighted by molar-refractivity contribution is 0.104. The summed E-state index contributed by atoms with van der Waals surface area (Å²) in [6.45, 7) is 1.93. The van der Waals surface area contributed by atoms with Crippen LogP contribution in [0.2, 0.25) is 5.02 Å². The maximum Gasteiger partial charge on any atom is 0.186 e. The number of carbonyl (C=O) groups excluding carboxylic acids is 1. The zero-order valence-electron chi connectivity index (χ0n) is 10.1. The van der Waals surface area contributed by atoms with Crippen LogP contribution in [0.1, 0.15) is 21.5 Å². The average molecular weight is 257 g/mol. The zero-order chi connectivity index (χ0) is 13.0. The van der Waals surface area contributed by atoms with Crippen LogP contribution in [0.3, 0.4) is 0 Å². The van der Waals surface area contributed by atoms with Gasteiger partial charge in [-0.3, -0.25) is 4.79 Å². The molecule has 1 nitrogen and oxygen atoms in total. The van der Waals surface area contributed by atoms with Crippen molar-refractivity contribution in [2.45, 2.75) is 6.92 Å². The third kappa shape index (κ3) is 3.08. The lowest BCUT2D eigenvalue weighted by Gasteiger charge is -2.00. The van der Waals surface area contributed by atoms with Crippen LogP contribution in [0.5, 0.6) is 0 Å². The van der Waals surface area contributed by atoms with Crippen molar-refractivity contribution in [3.05, 3.63) is 76.3 Å². The number of ketones is 1. The topological polar surface area (TPSA) is 17.1 Å². The van der Waals surface area contributed by atoms with E-state index < -0.39 is 0 Å². The van der Waals surface area contributed by atoms with E-state index in [1.165, 1.54) is 0 Å². The standard InChI is InChI=1S/C16H13ClO/c1-12-5-2-3-8-15(12)16(18)10-9-13-6-4-7-14(17)11-13/h2-11H,1H3/b10-9+. The number of halogens is 1. The molecule has 0 aromatic heterocycles. The van der Waals surface area contributed by atoms with Crippen LogP contribution < -0.4 is 0 Å². The van der Waals surface area contributed by atoms with Crippen LogP contribution in [0.4, 0.5) is 0 Å². The van der Waals surface area contributed by atoms with E-state index in [0.29, 0.717) is 5.02 Å². The molecule has 0 amide bonds. The number of allylic oxidation sites excluding steroid dienone is 1.